The Hall–Kier alpha value is -0.780. The van der Waals surface area contributed by atoms with Crippen molar-refractivity contribution in [3.8, 4) is 0 Å². The number of hydrogen-bond acceptors (Lipinski definition) is 3. The maximum absolute atomic E-state index is 11.9. The molecule has 6 heteroatoms. The molecule has 1 aliphatic rings. The first-order valence-electron chi connectivity index (χ1n) is 3.00. The fourth-order valence-electron chi connectivity index (χ4n) is 0.776. The molecule has 2 N–H and O–H groups in total. The van der Waals surface area contributed by atoms with E-state index in [0.717, 1.165) is 0 Å². The van der Waals surface area contributed by atoms with Crippen molar-refractivity contribution in [1.82, 2.24) is 0 Å². The van der Waals surface area contributed by atoms with Crippen LogP contribution in [0.1, 0.15) is 0 Å². The third-order valence-electron chi connectivity index (χ3n) is 1.24. The van der Waals surface area contributed by atoms with Gasteiger partial charge in [0.25, 0.3) is 0 Å². The van der Waals surface area contributed by atoms with E-state index in [4.69, 9.17) is 5.73 Å². The van der Waals surface area contributed by atoms with Gasteiger partial charge in [-0.1, -0.05) is 0 Å². The van der Waals surface area contributed by atoms with E-state index in [1.54, 1.807) is 0 Å². The number of rotatable bonds is 0. The van der Waals surface area contributed by atoms with Crippen molar-refractivity contribution in [2.45, 2.75) is 12.3 Å². The molecule has 1 unspecified atom stereocenters. The Balaban J connectivity index is 2.71. The summed E-state index contributed by atoms with van der Waals surface area (Å²) < 4.78 is 40.1. The summed E-state index contributed by atoms with van der Waals surface area (Å²) >= 11 is 0. The van der Waals surface area contributed by atoms with E-state index >= 15 is 0 Å². The first-order chi connectivity index (χ1) is 5.02. The zero-order valence-electron chi connectivity index (χ0n) is 5.56. The van der Waals surface area contributed by atoms with Gasteiger partial charge in [-0.3, -0.25) is 4.99 Å². The topological polar surface area (TPSA) is 47.6 Å². The van der Waals surface area contributed by atoms with Gasteiger partial charge in [-0.05, 0) is 0 Å². The van der Waals surface area contributed by atoms with Crippen LogP contribution < -0.4 is 5.73 Å². The fourth-order valence-corrected chi connectivity index (χ4v) is 0.776. The van der Waals surface area contributed by atoms with Gasteiger partial charge in [0.05, 0.1) is 13.2 Å². The van der Waals surface area contributed by atoms with Crippen molar-refractivity contribution < 1.29 is 17.9 Å². The summed E-state index contributed by atoms with van der Waals surface area (Å²) in [5, 5.41) is 0. The largest absolute Gasteiger partial charge is 0.421 e. The maximum Gasteiger partial charge on any atom is 0.421 e. The zero-order valence-corrected chi connectivity index (χ0v) is 5.56. The summed E-state index contributed by atoms with van der Waals surface area (Å²) in [7, 11) is 0. The molecule has 11 heavy (non-hydrogen) atoms. The van der Waals surface area contributed by atoms with Crippen LogP contribution in [0.2, 0.25) is 0 Å². The monoisotopic (exact) mass is 168 g/mol. The number of hydrogen-bond donors (Lipinski definition) is 1. The molecule has 0 aromatic carbocycles. The van der Waals surface area contributed by atoms with Gasteiger partial charge < -0.3 is 10.5 Å². The van der Waals surface area contributed by atoms with Crippen LogP contribution in [0, 0.1) is 0 Å². The van der Waals surface area contributed by atoms with Crippen molar-refractivity contribution >= 4 is 5.84 Å². The molecule has 0 saturated carbocycles. The Morgan fingerprint density at radius 2 is 2.18 bits per heavy atom. The van der Waals surface area contributed by atoms with Crippen LogP contribution in [-0.4, -0.2) is 31.3 Å². The zero-order chi connectivity index (χ0) is 8.48. The molecule has 0 amide bonds. The lowest BCUT2D eigenvalue weighted by Gasteiger charge is -2.22. The van der Waals surface area contributed by atoms with Gasteiger partial charge in [0.1, 0.15) is 5.84 Å². The Morgan fingerprint density at radius 1 is 1.55 bits per heavy atom. The number of nitrogens with two attached hydrogens (primary N) is 1. The minimum absolute atomic E-state index is 0.0229. The van der Waals surface area contributed by atoms with Gasteiger partial charge in [-0.2, -0.15) is 13.2 Å². The van der Waals surface area contributed by atoms with E-state index in [-0.39, 0.29) is 13.2 Å². The van der Waals surface area contributed by atoms with Crippen molar-refractivity contribution in [1.29, 1.82) is 0 Å². The van der Waals surface area contributed by atoms with E-state index in [0.29, 0.717) is 0 Å². The van der Waals surface area contributed by atoms with Crippen LogP contribution in [0.5, 0.6) is 0 Å². The van der Waals surface area contributed by atoms with Crippen molar-refractivity contribution in [2.75, 3.05) is 13.2 Å². The average molecular weight is 168 g/mol. The summed E-state index contributed by atoms with van der Waals surface area (Å²) in [5.74, 6) is -0.483. The highest BCUT2D eigenvalue weighted by molar-refractivity contribution is 5.86. The third-order valence-corrected chi connectivity index (χ3v) is 1.24. The Bertz CT molecular complexity index is 177. The molecule has 0 aromatic rings. The third kappa shape index (κ3) is 1.83. The molecule has 0 fully saturated rings. The van der Waals surface area contributed by atoms with Crippen LogP contribution in [0.4, 0.5) is 13.2 Å². The van der Waals surface area contributed by atoms with Crippen LogP contribution in [-0.2, 0) is 4.74 Å². The smallest absolute Gasteiger partial charge is 0.385 e. The fraction of sp³-hybridized carbons (Fsp3) is 0.800. The lowest BCUT2D eigenvalue weighted by molar-refractivity contribution is -0.198. The molecule has 1 heterocycles. The van der Waals surface area contributed by atoms with Gasteiger partial charge in [0.15, 0.2) is 0 Å². The van der Waals surface area contributed by atoms with Gasteiger partial charge >= 0.3 is 6.18 Å². The number of amidine groups is 1. The average Bonchev–Trinajstić information content (AvgIpc) is 1.86. The van der Waals surface area contributed by atoms with E-state index in [1.165, 1.54) is 0 Å². The quantitative estimate of drug-likeness (QED) is 0.565. The summed E-state index contributed by atoms with van der Waals surface area (Å²) in [6, 6.07) is 0. The van der Waals surface area contributed by atoms with Crippen LogP contribution >= 0.6 is 0 Å². The molecule has 3 nitrogen and oxygen atoms in total. The standard InChI is InChI=1S/C5H7F3N2O/c6-5(7,8)3-4(9)10-1-2-11-3/h3H,1-2H2,(H2,9,10). The number of alkyl halides is 3. The van der Waals surface area contributed by atoms with E-state index in [1.807, 2.05) is 0 Å². The molecular formula is C5H7F3N2O. The highest BCUT2D eigenvalue weighted by atomic mass is 19.4. The van der Waals surface area contributed by atoms with Gasteiger partial charge in [0.2, 0.25) is 6.10 Å². The number of halogens is 3. The molecular weight excluding hydrogens is 161 g/mol. The van der Waals surface area contributed by atoms with E-state index in [9.17, 15) is 13.2 Å². The summed E-state index contributed by atoms with van der Waals surface area (Å²) in [6.45, 7) is 0.184. The second-order valence-corrected chi connectivity index (χ2v) is 2.10. The molecule has 1 atom stereocenters. The molecule has 64 valence electrons. The maximum atomic E-state index is 11.9. The van der Waals surface area contributed by atoms with Crippen molar-refractivity contribution in [3.05, 3.63) is 0 Å². The lowest BCUT2D eigenvalue weighted by atomic mass is 10.3. The Morgan fingerprint density at radius 3 is 2.55 bits per heavy atom. The number of aliphatic imine (C=N–C) groups is 1. The first-order valence-corrected chi connectivity index (χ1v) is 3.00. The van der Waals surface area contributed by atoms with Crippen molar-refractivity contribution in [2.24, 2.45) is 10.7 Å². The predicted molar refractivity (Wildman–Crippen MR) is 32.3 cm³/mol. The Kier molecular flexibility index (Phi) is 2.03. The van der Waals surface area contributed by atoms with Crippen molar-refractivity contribution in [3.63, 3.8) is 0 Å². The molecule has 0 radical (unpaired) electrons. The molecule has 0 bridgehead atoms. The molecule has 0 aliphatic carbocycles. The summed E-state index contributed by atoms with van der Waals surface area (Å²) in [6.07, 6.45) is -6.44. The molecule has 0 saturated heterocycles. The molecule has 1 rings (SSSR count). The van der Waals surface area contributed by atoms with Crippen LogP contribution in [0.25, 0.3) is 0 Å². The first kappa shape index (κ1) is 8.32. The summed E-state index contributed by atoms with van der Waals surface area (Å²) in [5.41, 5.74) is 4.97. The molecule has 0 spiro atoms. The highest BCUT2D eigenvalue weighted by Crippen LogP contribution is 2.24. The van der Waals surface area contributed by atoms with Crippen LogP contribution in [0.15, 0.2) is 4.99 Å². The van der Waals surface area contributed by atoms with E-state index < -0.39 is 18.1 Å². The SMILES string of the molecule is NC1=NCCOC1C(F)(F)F. The molecule has 0 aromatic heterocycles. The van der Waals surface area contributed by atoms with Gasteiger partial charge in [-0.25, -0.2) is 0 Å². The highest BCUT2D eigenvalue weighted by Gasteiger charge is 2.44. The normalized spacial score (nSPS) is 26.5. The Labute approximate surface area is 61.0 Å². The number of nitrogens with zero attached hydrogens (tertiary/aromatic N) is 1. The lowest BCUT2D eigenvalue weighted by Crippen LogP contribution is -2.46. The minimum atomic E-state index is -4.44. The predicted octanol–water partition coefficient (Wildman–Crippen LogP) is 0.305. The summed E-state index contributed by atoms with van der Waals surface area (Å²) in [4.78, 5) is 3.43. The van der Waals surface area contributed by atoms with Gasteiger partial charge in [-0.15, -0.1) is 0 Å². The van der Waals surface area contributed by atoms with Gasteiger partial charge in [0, 0.05) is 0 Å². The number of ether oxygens (including phenoxy) is 1. The minimum Gasteiger partial charge on any atom is -0.385 e. The second kappa shape index (κ2) is 2.69. The van der Waals surface area contributed by atoms with E-state index in [2.05, 4.69) is 9.73 Å². The molecule has 1 aliphatic heterocycles. The second-order valence-electron chi connectivity index (χ2n) is 2.10. The van der Waals surface area contributed by atoms with Crippen LogP contribution in [0.3, 0.4) is 0 Å².